The monoisotopic (exact) mass is 261 g/mol. The van der Waals surface area contributed by atoms with Gasteiger partial charge < -0.3 is 11.1 Å². The highest BCUT2D eigenvalue weighted by molar-refractivity contribution is 7.13. The number of thiazole rings is 1. The summed E-state index contributed by atoms with van der Waals surface area (Å²) in [5, 5.41) is 6.39. The number of aromatic nitrogens is 1. The minimum absolute atomic E-state index is 0.155. The highest BCUT2D eigenvalue weighted by atomic mass is 32.1. The second kappa shape index (κ2) is 5.98. The van der Waals surface area contributed by atoms with Crippen molar-refractivity contribution >= 4 is 22.2 Å². The van der Waals surface area contributed by atoms with E-state index < -0.39 is 0 Å². The van der Waals surface area contributed by atoms with Gasteiger partial charge >= 0.3 is 0 Å². The van der Waals surface area contributed by atoms with Crippen molar-refractivity contribution in [3.63, 3.8) is 0 Å². The predicted molar refractivity (Wildman–Crippen MR) is 78.6 cm³/mol. The minimum Gasteiger partial charge on any atom is -0.331 e. The van der Waals surface area contributed by atoms with Gasteiger partial charge in [-0.2, -0.15) is 0 Å². The van der Waals surface area contributed by atoms with E-state index in [4.69, 9.17) is 5.73 Å². The summed E-state index contributed by atoms with van der Waals surface area (Å²) >= 11 is 1.63. The van der Waals surface area contributed by atoms with E-state index in [-0.39, 0.29) is 6.04 Å². The van der Waals surface area contributed by atoms with Crippen LogP contribution in [0.1, 0.15) is 25.1 Å². The van der Waals surface area contributed by atoms with Gasteiger partial charge in [-0.15, -0.1) is 11.3 Å². The third-order valence-electron chi connectivity index (χ3n) is 2.72. The molecular formula is C14H19N3S. The molecular weight excluding hydrogens is 242 g/mol. The third-order valence-corrected chi connectivity index (χ3v) is 3.53. The number of rotatable bonds is 5. The molecule has 18 heavy (non-hydrogen) atoms. The average Bonchev–Trinajstić information content (AvgIpc) is 2.76. The molecule has 0 aliphatic carbocycles. The summed E-state index contributed by atoms with van der Waals surface area (Å²) in [6.07, 6.45) is 1.84. The molecule has 1 unspecified atom stereocenters. The Morgan fingerprint density at radius 3 is 2.89 bits per heavy atom. The van der Waals surface area contributed by atoms with Crippen molar-refractivity contribution in [2.24, 2.45) is 5.73 Å². The zero-order chi connectivity index (χ0) is 13.0. The van der Waals surface area contributed by atoms with Crippen molar-refractivity contribution in [2.75, 3.05) is 5.32 Å². The standard InChI is InChI=1S/C14H19N3S/c1-3-11-6-4-5-7-13(11)17-14-16-12(9-18-14)8-10(2)15/h4-7,9-10H,3,8,15H2,1-2H3,(H,16,17). The maximum absolute atomic E-state index is 5.78. The SMILES string of the molecule is CCc1ccccc1Nc1nc(CC(C)N)cs1. The molecule has 0 saturated heterocycles. The molecule has 0 amide bonds. The van der Waals surface area contributed by atoms with Gasteiger partial charge in [0.2, 0.25) is 0 Å². The molecule has 3 nitrogen and oxygen atoms in total. The molecule has 3 N–H and O–H groups in total. The van der Waals surface area contributed by atoms with Crippen LogP contribution >= 0.6 is 11.3 Å². The summed E-state index contributed by atoms with van der Waals surface area (Å²) < 4.78 is 0. The first-order chi connectivity index (χ1) is 8.69. The van der Waals surface area contributed by atoms with Gasteiger partial charge in [0.15, 0.2) is 5.13 Å². The van der Waals surface area contributed by atoms with E-state index in [2.05, 4.69) is 40.8 Å². The molecule has 1 aromatic heterocycles. The van der Waals surface area contributed by atoms with Gasteiger partial charge in [0.1, 0.15) is 0 Å². The molecule has 1 aromatic carbocycles. The van der Waals surface area contributed by atoms with E-state index in [1.165, 1.54) is 5.56 Å². The molecule has 0 bridgehead atoms. The van der Waals surface area contributed by atoms with Crippen LogP contribution in [0.5, 0.6) is 0 Å². The van der Waals surface area contributed by atoms with Gasteiger partial charge in [0.25, 0.3) is 0 Å². The molecule has 1 atom stereocenters. The Balaban J connectivity index is 2.11. The summed E-state index contributed by atoms with van der Waals surface area (Å²) in [5.74, 6) is 0. The number of hydrogen-bond acceptors (Lipinski definition) is 4. The van der Waals surface area contributed by atoms with Crippen molar-refractivity contribution in [2.45, 2.75) is 32.7 Å². The first-order valence-electron chi connectivity index (χ1n) is 6.24. The summed E-state index contributed by atoms with van der Waals surface area (Å²) in [6, 6.07) is 8.48. The molecule has 0 spiro atoms. The zero-order valence-electron chi connectivity index (χ0n) is 10.8. The van der Waals surface area contributed by atoms with E-state index in [0.717, 1.165) is 29.4 Å². The van der Waals surface area contributed by atoms with Crippen molar-refractivity contribution in [3.05, 3.63) is 40.9 Å². The van der Waals surface area contributed by atoms with Crippen LogP contribution in [0.25, 0.3) is 0 Å². The lowest BCUT2D eigenvalue weighted by atomic mass is 10.1. The van der Waals surface area contributed by atoms with Crippen LogP contribution in [0.4, 0.5) is 10.8 Å². The van der Waals surface area contributed by atoms with Crippen LogP contribution < -0.4 is 11.1 Å². The van der Waals surface area contributed by atoms with Gasteiger partial charge in [0, 0.05) is 23.5 Å². The van der Waals surface area contributed by atoms with E-state index in [9.17, 15) is 0 Å². The fourth-order valence-electron chi connectivity index (χ4n) is 1.85. The number of anilines is 2. The first-order valence-corrected chi connectivity index (χ1v) is 7.12. The van der Waals surface area contributed by atoms with Crippen LogP contribution in [0.15, 0.2) is 29.6 Å². The average molecular weight is 261 g/mol. The maximum Gasteiger partial charge on any atom is 0.187 e. The normalized spacial score (nSPS) is 12.4. The lowest BCUT2D eigenvalue weighted by Gasteiger charge is -2.07. The molecule has 4 heteroatoms. The number of para-hydroxylation sites is 1. The number of aryl methyl sites for hydroxylation is 1. The van der Waals surface area contributed by atoms with Gasteiger partial charge in [0.05, 0.1) is 5.69 Å². The quantitative estimate of drug-likeness (QED) is 0.868. The van der Waals surface area contributed by atoms with Gasteiger partial charge in [-0.1, -0.05) is 25.1 Å². The Bertz CT molecular complexity index is 505. The van der Waals surface area contributed by atoms with E-state index >= 15 is 0 Å². The van der Waals surface area contributed by atoms with Crippen molar-refractivity contribution < 1.29 is 0 Å². The van der Waals surface area contributed by atoms with E-state index in [1.54, 1.807) is 11.3 Å². The van der Waals surface area contributed by atoms with E-state index in [1.807, 2.05) is 13.0 Å². The van der Waals surface area contributed by atoms with Crippen molar-refractivity contribution in [1.29, 1.82) is 0 Å². The smallest absolute Gasteiger partial charge is 0.187 e. The Morgan fingerprint density at radius 2 is 2.17 bits per heavy atom. The lowest BCUT2D eigenvalue weighted by molar-refractivity contribution is 0.726. The van der Waals surface area contributed by atoms with Crippen molar-refractivity contribution in [1.82, 2.24) is 4.98 Å². The highest BCUT2D eigenvalue weighted by Crippen LogP contribution is 2.24. The number of hydrogen-bond donors (Lipinski definition) is 2. The number of nitrogens with zero attached hydrogens (tertiary/aromatic N) is 1. The summed E-state index contributed by atoms with van der Waals surface area (Å²) in [6.45, 7) is 4.16. The molecule has 2 aromatic rings. The molecule has 2 rings (SSSR count). The molecule has 0 aliphatic rings. The Kier molecular flexibility index (Phi) is 4.33. The fraction of sp³-hybridized carbons (Fsp3) is 0.357. The van der Waals surface area contributed by atoms with Crippen LogP contribution in [0.2, 0.25) is 0 Å². The zero-order valence-corrected chi connectivity index (χ0v) is 11.6. The van der Waals surface area contributed by atoms with Gasteiger partial charge in [-0.3, -0.25) is 0 Å². The molecule has 0 saturated carbocycles. The number of benzene rings is 1. The lowest BCUT2D eigenvalue weighted by Crippen LogP contribution is -2.17. The largest absolute Gasteiger partial charge is 0.331 e. The van der Waals surface area contributed by atoms with Crippen LogP contribution in [0.3, 0.4) is 0 Å². The maximum atomic E-state index is 5.78. The van der Waals surface area contributed by atoms with Gasteiger partial charge in [-0.25, -0.2) is 4.98 Å². The Morgan fingerprint density at radius 1 is 1.39 bits per heavy atom. The molecule has 1 heterocycles. The Labute approximate surface area is 112 Å². The topological polar surface area (TPSA) is 50.9 Å². The summed E-state index contributed by atoms with van der Waals surface area (Å²) in [5.41, 5.74) is 9.29. The summed E-state index contributed by atoms with van der Waals surface area (Å²) in [4.78, 5) is 4.55. The van der Waals surface area contributed by atoms with Crippen molar-refractivity contribution in [3.8, 4) is 0 Å². The first kappa shape index (κ1) is 13.1. The molecule has 0 radical (unpaired) electrons. The second-order valence-electron chi connectivity index (χ2n) is 4.46. The molecule has 96 valence electrons. The van der Waals surface area contributed by atoms with Crippen LogP contribution in [-0.4, -0.2) is 11.0 Å². The second-order valence-corrected chi connectivity index (χ2v) is 5.32. The molecule has 0 fully saturated rings. The van der Waals surface area contributed by atoms with E-state index in [0.29, 0.717) is 0 Å². The van der Waals surface area contributed by atoms with Gasteiger partial charge in [-0.05, 0) is 25.0 Å². The third kappa shape index (κ3) is 3.31. The van der Waals surface area contributed by atoms with Crippen LogP contribution in [-0.2, 0) is 12.8 Å². The fourth-order valence-corrected chi connectivity index (χ4v) is 2.59. The minimum atomic E-state index is 0.155. The molecule has 0 aliphatic heterocycles. The van der Waals surface area contributed by atoms with Crippen LogP contribution in [0, 0.1) is 0 Å². The summed E-state index contributed by atoms with van der Waals surface area (Å²) in [7, 11) is 0. The Hall–Kier alpha value is -1.39. The number of nitrogens with one attached hydrogen (secondary N) is 1. The number of nitrogens with two attached hydrogens (primary N) is 1. The highest BCUT2D eigenvalue weighted by Gasteiger charge is 2.06. The predicted octanol–water partition coefficient (Wildman–Crippen LogP) is 3.34.